The molecule has 1 fully saturated rings. The number of nitrogens with zero attached hydrogens (tertiary/aromatic N) is 2. The minimum absolute atomic E-state index is 0.103. The number of methoxy groups -OCH3 is 1. The first kappa shape index (κ1) is 20.9. The Labute approximate surface area is 173 Å². The third-order valence-electron chi connectivity index (χ3n) is 5.57. The summed E-state index contributed by atoms with van der Waals surface area (Å²) in [5, 5.41) is 0. The number of rotatable bonds is 6. The van der Waals surface area contributed by atoms with E-state index in [1.54, 1.807) is 12.0 Å². The lowest BCUT2D eigenvalue weighted by Crippen LogP contribution is -2.37. The molecule has 0 aliphatic carbocycles. The molecule has 0 saturated carbocycles. The van der Waals surface area contributed by atoms with Crippen molar-refractivity contribution in [1.82, 2.24) is 9.80 Å². The minimum Gasteiger partial charge on any atom is -0.496 e. The summed E-state index contributed by atoms with van der Waals surface area (Å²) in [6, 6.07) is 16.1. The van der Waals surface area contributed by atoms with Gasteiger partial charge in [0.05, 0.1) is 13.0 Å². The van der Waals surface area contributed by atoms with E-state index in [0.29, 0.717) is 32.5 Å². The Hall–Kier alpha value is -2.82. The molecule has 154 valence electrons. The van der Waals surface area contributed by atoms with Crippen LogP contribution in [0, 0.1) is 5.92 Å². The van der Waals surface area contributed by atoms with Crippen LogP contribution in [-0.4, -0.2) is 55.4 Å². The second-order valence-electron chi connectivity index (χ2n) is 7.61. The van der Waals surface area contributed by atoms with Crippen LogP contribution >= 0.6 is 0 Å². The second kappa shape index (κ2) is 9.59. The molecule has 0 radical (unpaired) electrons. The highest BCUT2D eigenvalue weighted by atomic mass is 16.5. The van der Waals surface area contributed by atoms with E-state index in [1.807, 2.05) is 55.3 Å². The van der Waals surface area contributed by atoms with Crippen molar-refractivity contribution in [3.63, 3.8) is 0 Å². The molecule has 0 spiro atoms. The monoisotopic (exact) mass is 394 g/mol. The van der Waals surface area contributed by atoms with Crippen molar-refractivity contribution in [2.75, 3.05) is 33.8 Å². The highest BCUT2D eigenvalue weighted by Crippen LogP contribution is 2.33. The Morgan fingerprint density at radius 2 is 1.76 bits per heavy atom. The molecule has 1 saturated heterocycles. The fourth-order valence-electron chi connectivity index (χ4n) is 3.97. The SMILES string of the molecule is CCCC(=O)N1CCN(C)C(=O)C(Cc2ccccc2-c2ccccc2OC)C1. The molecule has 0 N–H and O–H groups in total. The van der Waals surface area contributed by atoms with Crippen LogP contribution in [0.2, 0.25) is 0 Å². The zero-order valence-corrected chi connectivity index (χ0v) is 17.6. The first-order valence-corrected chi connectivity index (χ1v) is 10.3. The van der Waals surface area contributed by atoms with Crippen LogP contribution in [0.25, 0.3) is 11.1 Å². The van der Waals surface area contributed by atoms with Gasteiger partial charge in [-0.2, -0.15) is 0 Å². The van der Waals surface area contributed by atoms with Gasteiger partial charge in [-0.25, -0.2) is 0 Å². The topological polar surface area (TPSA) is 49.9 Å². The first-order chi connectivity index (χ1) is 14.0. The van der Waals surface area contributed by atoms with E-state index in [9.17, 15) is 9.59 Å². The van der Waals surface area contributed by atoms with E-state index < -0.39 is 0 Å². The summed E-state index contributed by atoms with van der Waals surface area (Å²) in [6.07, 6.45) is 1.94. The number of carbonyl (C=O) groups is 2. The summed E-state index contributed by atoms with van der Waals surface area (Å²) in [5.41, 5.74) is 3.17. The van der Waals surface area contributed by atoms with E-state index in [4.69, 9.17) is 4.74 Å². The Morgan fingerprint density at radius 3 is 2.48 bits per heavy atom. The molecule has 0 bridgehead atoms. The molecule has 1 heterocycles. The molecular formula is C24H30N2O3. The fraction of sp³-hybridized carbons (Fsp3) is 0.417. The third-order valence-corrected chi connectivity index (χ3v) is 5.57. The largest absolute Gasteiger partial charge is 0.496 e. The third kappa shape index (κ3) is 4.78. The molecule has 1 aliphatic heterocycles. The average molecular weight is 395 g/mol. The molecule has 1 unspecified atom stereocenters. The Kier molecular flexibility index (Phi) is 6.91. The van der Waals surface area contributed by atoms with Crippen molar-refractivity contribution in [2.24, 2.45) is 5.92 Å². The van der Waals surface area contributed by atoms with Gasteiger partial charge < -0.3 is 14.5 Å². The van der Waals surface area contributed by atoms with E-state index in [2.05, 4.69) is 12.1 Å². The number of carbonyl (C=O) groups excluding carboxylic acids is 2. The summed E-state index contributed by atoms with van der Waals surface area (Å²) in [5.74, 6) is 0.799. The number of amides is 2. The number of likely N-dealkylation sites (N-methyl/N-ethyl adjacent to an activating group) is 1. The molecule has 0 aromatic heterocycles. The molecule has 1 aliphatic rings. The van der Waals surface area contributed by atoms with Crippen LogP contribution in [0.1, 0.15) is 25.3 Å². The number of para-hydroxylation sites is 1. The van der Waals surface area contributed by atoms with Crippen LogP contribution in [0.5, 0.6) is 5.75 Å². The first-order valence-electron chi connectivity index (χ1n) is 10.3. The molecule has 2 aromatic carbocycles. The number of hydrogen-bond acceptors (Lipinski definition) is 3. The van der Waals surface area contributed by atoms with Gasteiger partial charge in [-0.3, -0.25) is 9.59 Å². The van der Waals surface area contributed by atoms with Crippen LogP contribution in [-0.2, 0) is 16.0 Å². The van der Waals surface area contributed by atoms with E-state index >= 15 is 0 Å². The quantitative estimate of drug-likeness (QED) is 0.752. The zero-order chi connectivity index (χ0) is 20.8. The van der Waals surface area contributed by atoms with Crippen molar-refractivity contribution in [2.45, 2.75) is 26.2 Å². The van der Waals surface area contributed by atoms with Crippen molar-refractivity contribution in [1.29, 1.82) is 0 Å². The van der Waals surface area contributed by atoms with Crippen molar-refractivity contribution < 1.29 is 14.3 Å². The molecule has 2 aromatic rings. The van der Waals surface area contributed by atoms with E-state index in [1.165, 1.54) is 0 Å². The lowest BCUT2D eigenvalue weighted by molar-refractivity contribution is -0.134. The van der Waals surface area contributed by atoms with Gasteiger partial charge >= 0.3 is 0 Å². The van der Waals surface area contributed by atoms with Crippen molar-refractivity contribution in [3.8, 4) is 16.9 Å². The van der Waals surface area contributed by atoms with Crippen LogP contribution in [0.4, 0.5) is 0 Å². The molecule has 5 nitrogen and oxygen atoms in total. The van der Waals surface area contributed by atoms with Gasteiger partial charge in [0, 0.05) is 38.7 Å². The van der Waals surface area contributed by atoms with Gasteiger partial charge in [0.2, 0.25) is 11.8 Å². The molecular weight excluding hydrogens is 364 g/mol. The van der Waals surface area contributed by atoms with E-state index in [0.717, 1.165) is 28.9 Å². The Balaban J connectivity index is 1.91. The summed E-state index contributed by atoms with van der Waals surface area (Å²) in [4.78, 5) is 29.1. The summed E-state index contributed by atoms with van der Waals surface area (Å²) in [6.45, 7) is 3.67. The van der Waals surface area contributed by atoms with Crippen molar-refractivity contribution in [3.05, 3.63) is 54.1 Å². The highest BCUT2D eigenvalue weighted by molar-refractivity contribution is 5.83. The van der Waals surface area contributed by atoms with Gasteiger partial charge in [-0.1, -0.05) is 49.4 Å². The van der Waals surface area contributed by atoms with Gasteiger partial charge in [0.15, 0.2) is 0 Å². The number of benzene rings is 2. The van der Waals surface area contributed by atoms with Crippen LogP contribution in [0.15, 0.2) is 48.5 Å². The highest BCUT2D eigenvalue weighted by Gasteiger charge is 2.31. The number of hydrogen-bond donors (Lipinski definition) is 0. The zero-order valence-electron chi connectivity index (χ0n) is 17.6. The molecule has 5 heteroatoms. The Bertz CT molecular complexity index is 865. The summed E-state index contributed by atoms with van der Waals surface area (Å²) >= 11 is 0. The fourth-order valence-corrected chi connectivity index (χ4v) is 3.97. The predicted octanol–water partition coefficient (Wildman–Crippen LogP) is 3.62. The normalized spacial score (nSPS) is 17.2. The van der Waals surface area contributed by atoms with Crippen LogP contribution < -0.4 is 4.74 Å². The Morgan fingerprint density at radius 1 is 1.07 bits per heavy atom. The average Bonchev–Trinajstić information content (AvgIpc) is 2.88. The van der Waals surface area contributed by atoms with Gasteiger partial charge in [0.1, 0.15) is 5.75 Å². The summed E-state index contributed by atoms with van der Waals surface area (Å²) in [7, 11) is 3.50. The van der Waals surface area contributed by atoms with Gasteiger partial charge in [-0.15, -0.1) is 0 Å². The van der Waals surface area contributed by atoms with Gasteiger partial charge in [0.25, 0.3) is 0 Å². The molecule has 1 atom stereocenters. The maximum Gasteiger partial charge on any atom is 0.227 e. The summed E-state index contributed by atoms with van der Waals surface area (Å²) < 4.78 is 5.55. The van der Waals surface area contributed by atoms with Crippen molar-refractivity contribution >= 4 is 11.8 Å². The predicted molar refractivity (Wildman–Crippen MR) is 115 cm³/mol. The maximum absolute atomic E-state index is 13.0. The minimum atomic E-state index is -0.251. The smallest absolute Gasteiger partial charge is 0.227 e. The van der Waals surface area contributed by atoms with Gasteiger partial charge in [-0.05, 0) is 30.0 Å². The molecule has 3 rings (SSSR count). The van der Waals surface area contributed by atoms with Crippen LogP contribution in [0.3, 0.4) is 0 Å². The second-order valence-corrected chi connectivity index (χ2v) is 7.61. The lowest BCUT2D eigenvalue weighted by atomic mass is 9.91. The molecule has 2 amide bonds. The maximum atomic E-state index is 13.0. The van der Waals surface area contributed by atoms with E-state index in [-0.39, 0.29) is 17.7 Å². The molecule has 29 heavy (non-hydrogen) atoms. The standard InChI is InChI=1S/C24H30N2O3/c1-4-9-23(27)26-15-14-25(2)24(28)19(17-26)16-18-10-5-6-11-20(18)21-12-7-8-13-22(21)29-3/h5-8,10-13,19H,4,9,14-17H2,1-3H3. The number of ether oxygens (including phenoxy) is 1. The lowest BCUT2D eigenvalue weighted by Gasteiger charge is -2.24.